The van der Waals surface area contributed by atoms with Crippen LogP contribution < -0.4 is 5.32 Å². The SMILES string of the molecule is CC[C@H]1NCCC[C@@H]1CO. The Morgan fingerprint density at radius 2 is 2.40 bits per heavy atom. The Bertz CT molecular complexity index is 83.3. The summed E-state index contributed by atoms with van der Waals surface area (Å²) in [5, 5.41) is 12.4. The fraction of sp³-hybridized carbons (Fsp3) is 1.00. The molecule has 1 aliphatic heterocycles. The summed E-state index contributed by atoms with van der Waals surface area (Å²) in [6.45, 7) is 3.66. The molecule has 0 aliphatic carbocycles. The van der Waals surface area contributed by atoms with Gasteiger partial charge < -0.3 is 10.4 Å². The molecule has 2 N–H and O–H groups in total. The first-order valence-electron chi connectivity index (χ1n) is 4.22. The lowest BCUT2D eigenvalue weighted by atomic mass is 9.90. The molecule has 0 radical (unpaired) electrons. The molecule has 1 heterocycles. The van der Waals surface area contributed by atoms with Gasteiger partial charge in [-0.15, -0.1) is 0 Å². The van der Waals surface area contributed by atoms with Crippen LogP contribution in [0.5, 0.6) is 0 Å². The molecule has 2 nitrogen and oxygen atoms in total. The molecule has 1 fully saturated rings. The van der Waals surface area contributed by atoms with E-state index in [-0.39, 0.29) is 0 Å². The molecule has 0 aromatic carbocycles. The topological polar surface area (TPSA) is 32.3 Å². The minimum Gasteiger partial charge on any atom is -0.396 e. The van der Waals surface area contributed by atoms with Crippen LogP contribution in [-0.4, -0.2) is 24.3 Å². The zero-order valence-electron chi connectivity index (χ0n) is 6.64. The lowest BCUT2D eigenvalue weighted by Gasteiger charge is -2.30. The van der Waals surface area contributed by atoms with E-state index in [9.17, 15) is 0 Å². The number of rotatable bonds is 2. The maximum Gasteiger partial charge on any atom is 0.0474 e. The summed E-state index contributed by atoms with van der Waals surface area (Å²) in [5.74, 6) is 0.513. The average molecular weight is 143 g/mol. The van der Waals surface area contributed by atoms with Gasteiger partial charge in [0.1, 0.15) is 0 Å². The zero-order valence-corrected chi connectivity index (χ0v) is 6.64. The largest absolute Gasteiger partial charge is 0.396 e. The van der Waals surface area contributed by atoms with E-state index in [0.29, 0.717) is 18.6 Å². The van der Waals surface area contributed by atoms with Crippen LogP contribution in [0.25, 0.3) is 0 Å². The summed E-state index contributed by atoms with van der Waals surface area (Å²) in [6, 6.07) is 0.568. The summed E-state index contributed by atoms with van der Waals surface area (Å²) in [6.07, 6.45) is 3.56. The molecule has 2 atom stereocenters. The van der Waals surface area contributed by atoms with Crippen molar-refractivity contribution in [2.75, 3.05) is 13.2 Å². The minimum atomic E-state index is 0.353. The molecule has 0 aromatic rings. The molecule has 0 spiro atoms. The standard InChI is InChI=1S/C8H17NO/c1-2-8-7(6-10)4-3-5-9-8/h7-10H,2-6H2,1H3/t7-,8-/m1/s1. The van der Waals surface area contributed by atoms with E-state index in [4.69, 9.17) is 5.11 Å². The maximum atomic E-state index is 8.95. The van der Waals surface area contributed by atoms with E-state index in [1.807, 2.05) is 0 Å². The minimum absolute atomic E-state index is 0.353. The van der Waals surface area contributed by atoms with Crippen molar-refractivity contribution >= 4 is 0 Å². The van der Waals surface area contributed by atoms with Gasteiger partial charge in [0.15, 0.2) is 0 Å². The van der Waals surface area contributed by atoms with Crippen molar-refractivity contribution in [1.29, 1.82) is 0 Å². The van der Waals surface area contributed by atoms with Gasteiger partial charge in [-0.3, -0.25) is 0 Å². The third kappa shape index (κ3) is 1.70. The number of piperidine rings is 1. The van der Waals surface area contributed by atoms with Crippen LogP contribution in [-0.2, 0) is 0 Å². The van der Waals surface area contributed by atoms with E-state index in [1.54, 1.807) is 0 Å². The van der Waals surface area contributed by atoms with Gasteiger partial charge in [0, 0.05) is 12.6 Å². The molecule has 1 aliphatic rings. The fourth-order valence-corrected chi connectivity index (χ4v) is 1.72. The van der Waals surface area contributed by atoms with Gasteiger partial charge in [0.25, 0.3) is 0 Å². The van der Waals surface area contributed by atoms with Crippen molar-refractivity contribution in [1.82, 2.24) is 5.32 Å². The first-order chi connectivity index (χ1) is 4.88. The molecule has 0 saturated carbocycles. The maximum absolute atomic E-state index is 8.95. The monoisotopic (exact) mass is 143 g/mol. The molecule has 10 heavy (non-hydrogen) atoms. The predicted octanol–water partition coefficient (Wildman–Crippen LogP) is 0.757. The Morgan fingerprint density at radius 3 is 2.90 bits per heavy atom. The van der Waals surface area contributed by atoms with Gasteiger partial charge in [-0.1, -0.05) is 6.92 Å². The molecule has 1 saturated heterocycles. The van der Waals surface area contributed by atoms with Crippen molar-refractivity contribution in [3.8, 4) is 0 Å². The van der Waals surface area contributed by atoms with Crippen LogP contribution in [0.3, 0.4) is 0 Å². The van der Waals surface area contributed by atoms with Crippen LogP contribution in [0.1, 0.15) is 26.2 Å². The fourth-order valence-electron chi connectivity index (χ4n) is 1.72. The normalized spacial score (nSPS) is 34.2. The number of hydrogen-bond donors (Lipinski definition) is 2. The smallest absolute Gasteiger partial charge is 0.0474 e. The molecule has 0 bridgehead atoms. The molecule has 0 unspecified atom stereocenters. The number of aliphatic hydroxyl groups is 1. The van der Waals surface area contributed by atoms with Gasteiger partial charge in [-0.2, -0.15) is 0 Å². The van der Waals surface area contributed by atoms with Gasteiger partial charge in [0.2, 0.25) is 0 Å². The quantitative estimate of drug-likeness (QED) is 0.598. The molecule has 2 heteroatoms. The number of hydrogen-bond acceptors (Lipinski definition) is 2. The van der Waals surface area contributed by atoms with Gasteiger partial charge in [-0.25, -0.2) is 0 Å². The third-order valence-electron chi connectivity index (χ3n) is 2.40. The summed E-state index contributed by atoms with van der Waals surface area (Å²) >= 11 is 0. The summed E-state index contributed by atoms with van der Waals surface area (Å²) in [4.78, 5) is 0. The number of aliphatic hydroxyl groups excluding tert-OH is 1. The van der Waals surface area contributed by atoms with Crippen LogP contribution in [0, 0.1) is 5.92 Å². The summed E-state index contributed by atoms with van der Waals surface area (Å²) in [5.41, 5.74) is 0. The Balaban J connectivity index is 2.34. The Morgan fingerprint density at radius 1 is 1.60 bits per heavy atom. The summed E-state index contributed by atoms with van der Waals surface area (Å²) < 4.78 is 0. The highest BCUT2D eigenvalue weighted by atomic mass is 16.3. The van der Waals surface area contributed by atoms with Crippen LogP contribution in [0.4, 0.5) is 0 Å². The lowest BCUT2D eigenvalue weighted by molar-refractivity contribution is 0.157. The second-order valence-corrected chi connectivity index (χ2v) is 3.05. The van der Waals surface area contributed by atoms with E-state index >= 15 is 0 Å². The average Bonchev–Trinajstić information content (AvgIpc) is 2.04. The third-order valence-corrected chi connectivity index (χ3v) is 2.40. The molecule has 0 aromatic heterocycles. The van der Waals surface area contributed by atoms with Gasteiger partial charge in [0.05, 0.1) is 0 Å². The van der Waals surface area contributed by atoms with Gasteiger partial charge >= 0.3 is 0 Å². The molecular weight excluding hydrogens is 126 g/mol. The Hall–Kier alpha value is -0.0800. The van der Waals surface area contributed by atoms with Crippen molar-refractivity contribution in [2.45, 2.75) is 32.2 Å². The van der Waals surface area contributed by atoms with E-state index in [1.165, 1.54) is 12.8 Å². The number of nitrogens with one attached hydrogen (secondary N) is 1. The van der Waals surface area contributed by atoms with Crippen molar-refractivity contribution in [2.24, 2.45) is 5.92 Å². The predicted molar refractivity (Wildman–Crippen MR) is 41.9 cm³/mol. The van der Waals surface area contributed by atoms with Crippen LogP contribution in [0.2, 0.25) is 0 Å². The Kier molecular flexibility index (Phi) is 3.16. The van der Waals surface area contributed by atoms with E-state index in [0.717, 1.165) is 13.0 Å². The second kappa shape index (κ2) is 3.94. The molecule has 60 valence electrons. The first kappa shape index (κ1) is 8.02. The first-order valence-corrected chi connectivity index (χ1v) is 4.22. The molecular formula is C8H17NO. The summed E-state index contributed by atoms with van der Waals surface area (Å²) in [7, 11) is 0. The lowest BCUT2D eigenvalue weighted by Crippen LogP contribution is -2.42. The highest BCUT2D eigenvalue weighted by molar-refractivity contribution is 4.79. The highest BCUT2D eigenvalue weighted by Gasteiger charge is 2.21. The second-order valence-electron chi connectivity index (χ2n) is 3.05. The Labute approximate surface area is 62.6 Å². The zero-order chi connectivity index (χ0) is 7.40. The van der Waals surface area contributed by atoms with Crippen LogP contribution in [0.15, 0.2) is 0 Å². The molecule has 1 rings (SSSR count). The van der Waals surface area contributed by atoms with Gasteiger partial charge in [-0.05, 0) is 31.7 Å². The van der Waals surface area contributed by atoms with Crippen molar-refractivity contribution in [3.63, 3.8) is 0 Å². The van der Waals surface area contributed by atoms with E-state index < -0.39 is 0 Å². The van der Waals surface area contributed by atoms with Crippen LogP contribution >= 0.6 is 0 Å². The van der Waals surface area contributed by atoms with E-state index in [2.05, 4.69) is 12.2 Å². The van der Waals surface area contributed by atoms with Crippen molar-refractivity contribution < 1.29 is 5.11 Å². The highest BCUT2D eigenvalue weighted by Crippen LogP contribution is 2.17. The molecule has 0 amide bonds. The van der Waals surface area contributed by atoms with Crippen molar-refractivity contribution in [3.05, 3.63) is 0 Å².